The first-order chi connectivity index (χ1) is 12.0. The van der Waals surface area contributed by atoms with Crippen LogP contribution in [0.2, 0.25) is 0 Å². The molecule has 0 bridgehead atoms. The number of ether oxygens (including phenoxy) is 1. The van der Waals surface area contributed by atoms with Crippen LogP contribution in [0.25, 0.3) is 0 Å². The van der Waals surface area contributed by atoms with Gasteiger partial charge in [-0.1, -0.05) is 18.2 Å². The summed E-state index contributed by atoms with van der Waals surface area (Å²) in [5.41, 5.74) is 0.436. The van der Waals surface area contributed by atoms with Gasteiger partial charge in [-0.3, -0.25) is 14.5 Å². The van der Waals surface area contributed by atoms with Crippen LogP contribution in [0.4, 0.5) is 0 Å². The highest BCUT2D eigenvalue weighted by molar-refractivity contribution is 6.17. The molecule has 0 spiro atoms. The Balaban J connectivity index is 2.02. The largest absolute Gasteiger partial charge is 0.462 e. The van der Waals surface area contributed by atoms with Crippen molar-refractivity contribution in [2.24, 2.45) is 0 Å². The fourth-order valence-corrected chi connectivity index (χ4v) is 3.47. The highest BCUT2D eigenvalue weighted by Crippen LogP contribution is 2.32. The van der Waals surface area contributed by atoms with E-state index in [0.717, 1.165) is 12.8 Å². The first-order valence-corrected chi connectivity index (χ1v) is 8.64. The topological polar surface area (TPSA) is 66.9 Å². The number of amides is 2. The van der Waals surface area contributed by atoms with Crippen molar-refractivity contribution in [3.63, 3.8) is 0 Å². The fraction of sp³-hybridized carbons (Fsp3) is 0.421. The van der Waals surface area contributed by atoms with Crippen LogP contribution < -0.4 is 0 Å². The van der Waals surface area contributed by atoms with E-state index in [9.17, 15) is 14.4 Å². The maximum absolute atomic E-state index is 13.0. The molecular weight excluding hydrogens is 320 g/mol. The average molecular weight is 342 g/mol. The van der Waals surface area contributed by atoms with E-state index < -0.39 is 5.97 Å². The number of hydrogen-bond acceptors (Lipinski definition) is 4. The lowest BCUT2D eigenvalue weighted by atomic mass is 9.96. The summed E-state index contributed by atoms with van der Waals surface area (Å²) in [7, 11) is 0. The Morgan fingerprint density at radius 1 is 1.20 bits per heavy atom. The van der Waals surface area contributed by atoms with Crippen molar-refractivity contribution in [1.29, 1.82) is 0 Å². The molecule has 0 aliphatic carbocycles. The Morgan fingerprint density at radius 2 is 1.92 bits per heavy atom. The van der Waals surface area contributed by atoms with Crippen molar-refractivity contribution in [2.75, 3.05) is 6.61 Å². The average Bonchev–Trinajstić information content (AvgIpc) is 2.62. The van der Waals surface area contributed by atoms with Crippen LogP contribution in [0.1, 0.15) is 43.5 Å². The van der Waals surface area contributed by atoms with Crippen LogP contribution in [0.15, 0.2) is 42.1 Å². The molecule has 2 atom stereocenters. The van der Waals surface area contributed by atoms with Crippen molar-refractivity contribution >= 4 is 17.8 Å². The predicted molar refractivity (Wildman–Crippen MR) is 91.3 cm³/mol. The van der Waals surface area contributed by atoms with Crippen LogP contribution >= 0.6 is 0 Å². The summed E-state index contributed by atoms with van der Waals surface area (Å²) in [4.78, 5) is 41.2. The smallest absolute Gasteiger partial charge is 0.345 e. The van der Waals surface area contributed by atoms with Crippen LogP contribution in [0.3, 0.4) is 0 Å². The molecule has 0 N–H and O–H groups in total. The van der Waals surface area contributed by atoms with Crippen molar-refractivity contribution in [3.05, 3.63) is 47.7 Å². The zero-order valence-corrected chi connectivity index (χ0v) is 14.5. The summed E-state index contributed by atoms with van der Waals surface area (Å²) >= 11 is 0. The molecule has 3 rings (SSSR count). The zero-order chi connectivity index (χ0) is 18.0. The highest BCUT2D eigenvalue weighted by atomic mass is 16.5. The van der Waals surface area contributed by atoms with E-state index in [2.05, 4.69) is 0 Å². The number of esters is 1. The van der Waals surface area contributed by atoms with Crippen molar-refractivity contribution < 1.29 is 19.1 Å². The van der Waals surface area contributed by atoms with Gasteiger partial charge in [0.25, 0.3) is 11.8 Å². The lowest BCUT2D eigenvalue weighted by Crippen LogP contribution is -2.60. The number of piperidine rings is 1. The van der Waals surface area contributed by atoms with Crippen molar-refractivity contribution in [2.45, 2.75) is 45.3 Å². The van der Waals surface area contributed by atoms with Crippen molar-refractivity contribution in [3.8, 4) is 0 Å². The van der Waals surface area contributed by atoms with Crippen LogP contribution in [0.5, 0.6) is 0 Å². The molecule has 0 aromatic heterocycles. The number of carbonyl (C=O) groups excluding carboxylic acids is 3. The molecule has 2 aliphatic rings. The summed E-state index contributed by atoms with van der Waals surface area (Å²) in [6, 6.07) is 8.85. The maximum atomic E-state index is 13.0. The van der Waals surface area contributed by atoms with E-state index in [-0.39, 0.29) is 36.2 Å². The summed E-state index contributed by atoms with van der Waals surface area (Å²) in [5.74, 6) is -1.26. The molecule has 2 aliphatic heterocycles. The van der Waals surface area contributed by atoms with Gasteiger partial charge in [-0.15, -0.1) is 0 Å². The van der Waals surface area contributed by atoms with Gasteiger partial charge in [0.05, 0.1) is 6.61 Å². The molecule has 1 fully saturated rings. The van der Waals surface area contributed by atoms with E-state index in [0.29, 0.717) is 12.0 Å². The number of carbonyl (C=O) groups is 3. The SMILES string of the molecule is CCOC(=O)C1=CN(C(=O)c2ccccc2)C2CCCC(C)N2C1=O. The molecule has 0 saturated carbocycles. The number of nitrogens with zero attached hydrogens (tertiary/aromatic N) is 2. The maximum Gasteiger partial charge on any atom is 0.345 e. The minimum atomic E-state index is -0.686. The molecule has 1 aromatic rings. The molecule has 2 heterocycles. The fourth-order valence-electron chi connectivity index (χ4n) is 3.47. The van der Waals surface area contributed by atoms with Gasteiger partial charge in [-0.2, -0.15) is 0 Å². The molecule has 6 nitrogen and oxygen atoms in total. The Hall–Kier alpha value is -2.63. The minimum absolute atomic E-state index is 0.0320. The number of rotatable bonds is 3. The number of hydrogen-bond donors (Lipinski definition) is 0. The quantitative estimate of drug-likeness (QED) is 0.624. The monoisotopic (exact) mass is 342 g/mol. The molecule has 0 radical (unpaired) electrons. The predicted octanol–water partition coefficient (Wildman–Crippen LogP) is 2.32. The summed E-state index contributed by atoms with van der Waals surface area (Å²) in [6.45, 7) is 3.81. The Labute approximate surface area is 147 Å². The van der Waals surface area contributed by atoms with E-state index >= 15 is 0 Å². The third kappa shape index (κ3) is 3.16. The van der Waals surface area contributed by atoms with Gasteiger partial charge in [-0.05, 0) is 45.2 Å². The zero-order valence-electron chi connectivity index (χ0n) is 14.5. The second-order valence-corrected chi connectivity index (χ2v) is 6.31. The van der Waals surface area contributed by atoms with Gasteiger partial charge in [-0.25, -0.2) is 4.79 Å². The van der Waals surface area contributed by atoms with E-state index in [1.54, 1.807) is 36.1 Å². The molecule has 132 valence electrons. The van der Waals surface area contributed by atoms with Crippen molar-refractivity contribution in [1.82, 2.24) is 9.80 Å². The minimum Gasteiger partial charge on any atom is -0.462 e. The lowest BCUT2D eigenvalue weighted by Gasteiger charge is -2.47. The molecule has 1 aromatic carbocycles. The van der Waals surface area contributed by atoms with E-state index in [1.807, 2.05) is 13.0 Å². The summed E-state index contributed by atoms with van der Waals surface area (Å²) in [6.07, 6.45) is 3.49. The molecule has 6 heteroatoms. The van der Waals surface area contributed by atoms with Gasteiger partial charge < -0.3 is 9.64 Å². The Kier molecular flexibility index (Phi) is 4.88. The molecule has 2 amide bonds. The lowest BCUT2D eigenvalue weighted by molar-refractivity contribution is -0.147. The summed E-state index contributed by atoms with van der Waals surface area (Å²) in [5, 5.41) is 0. The Bertz CT molecular complexity index is 713. The number of benzene rings is 1. The normalized spacial score (nSPS) is 23.0. The molecule has 2 unspecified atom stereocenters. The Morgan fingerprint density at radius 3 is 2.60 bits per heavy atom. The van der Waals surface area contributed by atoms with Gasteiger partial charge in [0, 0.05) is 17.8 Å². The third-order valence-electron chi connectivity index (χ3n) is 4.68. The first-order valence-electron chi connectivity index (χ1n) is 8.64. The second kappa shape index (κ2) is 7.09. The van der Waals surface area contributed by atoms with Gasteiger partial charge >= 0.3 is 5.97 Å². The second-order valence-electron chi connectivity index (χ2n) is 6.31. The third-order valence-corrected chi connectivity index (χ3v) is 4.68. The highest BCUT2D eigenvalue weighted by Gasteiger charge is 2.44. The molecule has 1 saturated heterocycles. The van der Waals surface area contributed by atoms with E-state index in [4.69, 9.17) is 4.74 Å². The van der Waals surface area contributed by atoms with Gasteiger partial charge in [0.2, 0.25) is 0 Å². The standard InChI is InChI=1S/C19H22N2O4/c1-3-25-19(24)15-12-20(17(22)14-9-5-4-6-10-14)16-11-7-8-13(2)21(16)18(15)23/h4-6,9-10,12-13,16H,3,7-8,11H2,1-2H3. The molecule has 25 heavy (non-hydrogen) atoms. The first kappa shape index (κ1) is 17.2. The summed E-state index contributed by atoms with van der Waals surface area (Å²) < 4.78 is 5.01. The molecular formula is C19H22N2O4. The van der Waals surface area contributed by atoms with Gasteiger partial charge in [0.15, 0.2) is 0 Å². The van der Waals surface area contributed by atoms with Gasteiger partial charge in [0.1, 0.15) is 11.7 Å². The van der Waals surface area contributed by atoms with E-state index in [1.165, 1.54) is 11.1 Å². The van der Waals surface area contributed by atoms with Crippen LogP contribution in [-0.4, -0.2) is 46.4 Å². The van der Waals surface area contributed by atoms with Crippen LogP contribution in [0, 0.1) is 0 Å². The van der Waals surface area contributed by atoms with Crippen LogP contribution in [-0.2, 0) is 14.3 Å². The number of fused-ring (bicyclic) bond motifs is 1.